The first-order valence-corrected chi connectivity index (χ1v) is 7.11. The highest BCUT2D eigenvalue weighted by Crippen LogP contribution is 2.25. The van der Waals surface area contributed by atoms with E-state index in [1.165, 1.54) is 6.33 Å². The number of hydrogen-bond acceptors (Lipinski definition) is 4. The number of nitrogens with zero attached hydrogens (tertiary/aromatic N) is 4. The zero-order valence-electron chi connectivity index (χ0n) is 12.4. The van der Waals surface area contributed by atoms with Crippen LogP contribution in [-0.4, -0.2) is 27.3 Å². The van der Waals surface area contributed by atoms with E-state index in [-0.39, 0.29) is 6.54 Å². The van der Waals surface area contributed by atoms with Crippen LogP contribution >= 0.6 is 0 Å². The fourth-order valence-electron chi connectivity index (χ4n) is 2.30. The van der Waals surface area contributed by atoms with Gasteiger partial charge in [-0.05, 0) is 18.2 Å². The molecule has 0 bridgehead atoms. The van der Waals surface area contributed by atoms with Crippen molar-refractivity contribution in [1.82, 2.24) is 14.6 Å². The van der Waals surface area contributed by atoms with Crippen molar-refractivity contribution >= 4 is 11.3 Å². The zero-order valence-corrected chi connectivity index (χ0v) is 12.4. The van der Waals surface area contributed by atoms with Gasteiger partial charge < -0.3 is 5.32 Å². The van der Waals surface area contributed by atoms with Gasteiger partial charge in [0, 0.05) is 23.9 Å². The first kappa shape index (κ1) is 15.8. The first-order valence-electron chi connectivity index (χ1n) is 7.11. The number of pyridine rings is 1. The van der Waals surface area contributed by atoms with Gasteiger partial charge in [-0.25, -0.2) is 9.50 Å². The summed E-state index contributed by atoms with van der Waals surface area (Å²) in [7, 11) is 0. The molecule has 5 nitrogen and oxygen atoms in total. The topological polar surface area (TPSA) is 66.0 Å². The molecule has 0 spiro atoms. The second-order valence-electron chi connectivity index (χ2n) is 5.14. The summed E-state index contributed by atoms with van der Waals surface area (Å²) in [5, 5.41) is 15.8. The number of alkyl halides is 3. The molecule has 122 valence electrons. The van der Waals surface area contributed by atoms with E-state index in [4.69, 9.17) is 5.26 Å². The predicted octanol–water partition coefficient (Wildman–Crippen LogP) is 3.63. The van der Waals surface area contributed by atoms with Gasteiger partial charge >= 0.3 is 6.18 Å². The smallest absolute Gasteiger partial charge is 0.385 e. The van der Waals surface area contributed by atoms with Gasteiger partial charge in [0.15, 0.2) is 5.65 Å². The number of hydrogen-bond donors (Lipinski definition) is 1. The first-order chi connectivity index (χ1) is 11.5. The fraction of sp³-hybridized carbons (Fsp3) is 0.188. The highest BCUT2D eigenvalue weighted by atomic mass is 19.4. The van der Waals surface area contributed by atoms with Crippen molar-refractivity contribution < 1.29 is 13.2 Å². The number of benzene rings is 1. The third-order valence-corrected chi connectivity index (χ3v) is 3.43. The summed E-state index contributed by atoms with van der Waals surface area (Å²) < 4.78 is 38.4. The lowest BCUT2D eigenvalue weighted by atomic mass is 10.1. The minimum absolute atomic E-state index is 0.222. The largest absolute Gasteiger partial charge is 0.390 e. The quantitative estimate of drug-likeness (QED) is 0.793. The molecular weight excluding hydrogens is 319 g/mol. The van der Waals surface area contributed by atoms with E-state index in [0.29, 0.717) is 22.6 Å². The Kier molecular flexibility index (Phi) is 4.08. The molecule has 0 radical (unpaired) electrons. The van der Waals surface area contributed by atoms with Crippen molar-refractivity contribution in [3.63, 3.8) is 0 Å². The Morgan fingerprint density at radius 3 is 2.58 bits per heavy atom. The van der Waals surface area contributed by atoms with Gasteiger partial charge in [-0.3, -0.25) is 0 Å². The van der Waals surface area contributed by atoms with Gasteiger partial charge in [0.1, 0.15) is 6.33 Å². The van der Waals surface area contributed by atoms with Crippen LogP contribution in [0, 0.1) is 11.3 Å². The molecule has 0 amide bonds. The maximum atomic E-state index is 12.3. The van der Waals surface area contributed by atoms with Crippen LogP contribution in [0.4, 0.5) is 18.9 Å². The second-order valence-corrected chi connectivity index (χ2v) is 5.14. The van der Waals surface area contributed by atoms with Crippen LogP contribution in [0.5, 0.6) is 0 Å². The maximum absolute atomic E-state index is 12.3. The molecule has 2 aromatic heterocycles. The van der Waals surface area contributed by atoms with Crippen molar-refractivity contribution in [3.8, 4) is 17.3 Å². The molecule has 3 aromatic rings. The van der Waals surface area contributed by atoms with E-state index in [9.17, 15) is 13.2 Å². The Morgan fingerprint density at radius 1 is 1.17 bits per heavy atom. The van der Waals surface area contributed by atoms with E-state index >= 15 is 0 Å². The fourth-order valence-corrected chi connectivity index (χ4v) is 2.30. The number of anilines is 1. The summed E-state index contributed by atoms with van der Waals surface area (Å²) in [6.07, 6.45) is -3.75. The Labute approximate surface area is 135 Å². The third kappa shape index (κ3) is 3.46. The number of halogens is 3. The maximum Gasteiger partial charge on any atom is 0.390 e. The number of aromatic nitrogens is 3. The third-order valence-electron chi connectivity index (χ3n) is 3.43. The summed E-state index contributed by atoms with van der Waals surface area (Å²) in [6.45, 7) is -0.222. The van der Waals surface area contributed by atoms with E-state index < -0.39 is 12.6 Å². The minimum Gasteiger partial charge on any atom is -0.385 e. The lowest BCUT2D eigenvalue weighted by Crippen LogP contribution is -2.14. The molecule has 0 aliphatic heterocycles. The minimum atomic E-state index is -4.21. The molecule has 0 aliphatic rings. The monoisotopic (exact) mass is 331 g/mol. The molecule has 0 aliphatic carbocycles. The standard InChI is InChI=1S/C16H12F3N5/c17-16(18,19)5-6-21-13-7-14(24-15(8-13)22-10-23-24)12-3-1-11(9-20)2-4-12/h1-4,7-8,10,21H,5-6H2. The Hall–Kier alpha value is -3.08. The van der Waals surface area contributed by atoms with E-state index in [0.717, 1.165) is 5.56 Å². The normalized spacial score (nSPS) is 11.4. The predicted molar refractivity (Wildman–Crippen MR) is 82.3 cm³/mol. The molecule has 0 fully saturated rings. The van der Waals surface area contributed by atoms with E-state index in [2.05, 4.69) is 15.4 Å². The molecule has 1 N–H and O–H groups in total. The van der Waals surface area contributed by atoms with Gasteiger partial charge in [-0.1, -0.05) is 12.1 Å². The number of fused-ring (bicyclic) bond motifs is 1. The van der Waals surface area contributed by atoms with E-state index in [1.807, 2.05) is 6.07 Å². The number of nitrogens with one attached hydrogen (secondary N) is 1. The van der Waals surface area contributed by atoms with Gasteiger partial charge in [0.2, 0.25) is 0 Å². The molecule has 8 heteroatoms. The summed E-state index contributed by atoms with van der Waals surface area (Å²) in [5.41, 5.74) is 3.02. The highest BCUT2D eigenvalue weighted by Gasteiger charge is 2.26. The van der Waals surface area contributed by atoms with Crippen LogP contribution in [0.25, 0.3) is 16.9 Å². The van der Waals surface area contributed by atoms with Crippen molar-refractivity contribution in [2.75, 3.05) is 11.9 Å². The van der Waals surface area contributed by atoms with Crippen LogP contribution < -0.4 is 5.32 Å². The highest BCUT2D eigenvalue weighted by molar-refractivity contribution is 5.70. The summed E-state index contributed by atoms with van der Waals surface area (Å²) in [5.74, 6) is 0. The molecule has 0 saturated carbocycles. The van der Waals surface area contributed by atoms with Gasteiger partial charge in [-0.2, -0.15) is 23.5 Å². The summed E-state index contributed by atoms with van der Waals surface area (Å²) in [4.78, 5) is 4.09. The number of nitriles is 1. The van der Waals surface area contributed by atoms with Crippen LogP contribution in [0.3, 0.4) is 0 Å². The molecular formula is C16H12F3N5. The zero-order chi connectivity index (χ0) is 17.2. The Bertz CT molecular complexity index is 891. The summed E-state index contributed by atoms with van der Waals surface area (Å²) >= 11 is 0. The van der Waals surface area contributed by atoms with Crippen molar-refractivity contribution in [2.24, 2.45) is 0 Å². The Balaban J connectivity index is 1.94. The Morgan fingerprint density at radius 2 is 1.92 bits per heavy atom. The van der Waals surface area contributed by atoms with Crippen LogP contribution in [0.15, 0.2) is 42.7 Å². The molecule has 0 atom stereocenters. The average Bonchev–Trinajstić information content (AvgIpc) is 3.01. The average molecular weight is 331 g/mol. The SMILES string of the molecule is N#Cc1ccc(-c2cc(NCCC(F)(F)F)cc3ncnn23)cc1. The molecule has 1 aromatic carbocycles. The van der Waals surface area contributed by atoms with Crippen LogP contribution in [-0.2, 0) is 0 Å². The molecule has 24 heavy (non-hydrogen) atoms. The molecule has 0 unspecified atom stereocenters. The van der Waals surface area contributed by atoms with Crippen LogP contribution in [0.1, 0.15) is 12.0 Å². The van der Waals surface area contributed by atoms with Crippen molar-refractivity contribution in [2.45, 2.75) is 12.6 Å². The van der Waals surface area contributed by atoms with Crippen molar-refractivity contribution in [1.29, 1.82) is 5.26 Å². The summed E-state index contributed by atoms with van der Waals surface area (Å²) in [6, 6.07) is 12.2. The molecule has 3 rings (SSSR count). The lowest BCUT2D eigenvalue weighted by Gasteiger charge is -2.11. The second kappa shape index (κ2) is 6.20. The van der Waals surface area contributed by atoms with E-state index in [1.54, 1.807) is 40.9 Å². The molecule has 0 saturated heterocycles. The number of rotatable bonds is 4. The molecule has 2 heterocycles. The van der Waals surface area contributed by atoms with Crippen molar-refractivity contribution in [3.05, 3.63) is 48.3 Å². The van der Waals surface area contributed by atoms with Gasteiger partial charge in [0.05, 0.1) is 23.7 Å². The van der Waals surface area contributed by atoms with Crippen LogP contribution in [0.2, 0.25) is 0 Å². The van der Waals surface area contributed by atoms with Gasteiger partial charge in [-0.15, -0.1) is 0 Å². The lowest BCUT2D eigenvalue weighted by molar-refractivity contribution is -0.131. The van der Waals surface area contributed by atoms with Gasteiger partial charge in [0.25, 0.3) is 0 Å².